The van der Waals surface area contributed by atoms with E-state index < -0.39 is 5.91 Å². The molecule has 0 aliphatic carbocycles. The number of benzene rings is 1. The second-order valence-corrected chi connectivity index (χ2v) is 5.90. The van der Waals surface area contributed by atoms with Gasteiger partial charge < -0.3 is 9.67 Å². The molecule has 0 spiro atoms. The van der Waals surface area contributed by atoms with E-state index in [-0.39, 0.29) is 11.6 Å². The van der Waals surface area contributed by atoms with Crippen molar-refractivity contribution in [3.63, 3.8) is 0 Å². The molecule has 1 aromatic carbocycles. The molecule has 0 saturated carbocycles. The third-order valence-electron chi connectivity index (χ3n) is 3.43. The highest BCUT2D eigenvalue weighted by molar-refractivity contribution is 9.10. The van der Waals surface area contributed by atoms with Gasteiger partial charge in [-0.2, -0.15) is 0 Å². The molecular weight excluding hydrogens is 372 g/mol. The number of rotatable bonds is 4. The summed E-state index contributed by atoms with van der Waals surface area (Å²) < 4.78 is 2.48. The molecule has 0 unspecified atom stereocenters. The summed E-state index contributed by atoms with van der Waals surface area (Å²) in [5, 5.41) is 18.8. The Hall–Kier alpha value is -2.80. The Balaban J connectivity index is 2.07. The van der Waals surface area contributed by atoms with E-state index >= 15 is 0 Å². The lowest BCUT2D eigenvalue weighted by atomic mass is 10.2. The maximum absolute atomic E-state index is 12.1. The van der Waals surface area contributed by atoms with Crippen molar-refractivity contribution >= 4 is 38.4 Å². The van der Waals surface area contributed by atoms with Gasteiger partial charge in [0.2, 0.25) is 5.88 Å². The van der Waals surface area contributed by atoms with Crippen LogP contribution in [0.1, 0.15) is 10.4 Å². The van der Waals surface area contributed by atoms with E-state index in [0.29, 0.717) is 17.5 Å². The van der Waals surface area contributed by atoms with E-state index in [1.807, 2.05) is 18.2 Å². The predicted octanol–water partition coefficient (Wildman–Crippen LogP) is 4.61. The number of halogens is 1. The Morgan fingerprint density at radius 1 is 1.42 bits per heavy atom. The summed E-state index contributed by atoms with van der Waals surface area (Å²) in [6.07, 6.45) is 4.65. The van der Waals surface area contributed by atoms with Gasteiger partial charge in [0.15, 0.2) is 5.69 Å². The number of nitrogens with zero attached hydrogens (tertiary/aromatic N) is 4. The minimum absolute atomic E-state index is 0.0641. The fourth-order valence-electron chi connectivity index (χ4n) is 2.35. The van der Waals surface area contributed by atoms with E-state index in [0.717, 1.165) is 9.99 Å². The Kier molecular flexibility index (Phi) is 4.52. The summed E-state index contributed by atoms with van der Waals surface area (Å²) >= 11 is 3.40. The van der Waals surface area contributed by atoms with Crippen LogP contribution >= 0.6 is 15.9 Å². The summed E-state index contributed by atoms with van der Waals surface area (Å²) in [7, 11) is 0. The Morgan fingerprint density at radius 2 is 2.25 bits per heavy atom. The molecule has 6 nitrogen and oxygen atoms in total. The number of hydrogen-bond acceptors (Lipinski definition) is 4. The van der Waals surface area contributed by atoms with Crippen LogP contribution in [0.5, 0.6) is 5.88 Å². The van der Waals surface area contributed by atoms with Crippen molar-refractivity contribution in [3.8, 4) is 5.88 Å². The van der Waals surface area contributed by atoms with Crippen LogP contribution < -0.4 is 0 Å². The van der Waals surface area contributed by atoms with Crippen molar-refractivity contribution in [2.75, 3.05) is 0 Å². The Morgan fingerprint density at radius 3 is 2.96 bits per heavy atom. The molecule has 3 rings (SSSR count). The zero-order valence-corrected chi connectivity index (χ0v) is 14.1. The molecule has 0 atom stereocenters. The minimum Gasteiger partial charge on any atom is -0.493 e. The van der Waals surface area contributed by atoms with E-state index in [1.54, 1.807) is 29.0 Å². The molecule has 2 heterocycles. The molecule has 0 saturated heterocycles. The highest BCUT2D eigenvalue weighted by Gasteiger charge is 2.17. The molecule has 1 N–H and O–H groups in total. The molecule has 0 aliphatic heterocycles. The summed E-state index contributed by atoms with van der Waals surface area (Å²) in [4.78, 5) is 15.9. The van der Waals surface area contributed by atoms with E-state index in [4.69, 9.17) is 0 Å². The molecule has 0 bridgehead atoms. The van der Waals surface area contributed by atoms with Crippen molar-refractivity contribution in [2.24, 2.45) is 10.2 Å². The van der Waals surface area contributed by atoms with E-state index in [2.05, 4.69) is 37.7 Å². The van der Waals surface area contributed by atoms with Gasteiger partial charge in [-0.15, -0.1) is 16.8 Å². The van der Waals surface area contributed by atoms with Crippen LogP contribution in [0, 0.1) is 0 Å². The fourth-order valence-corrected chi connectivity index (χ4v) is 2.71. The Labute approximate surface area is 146 Å². The first-order valence-electron chi connectivity index (χ1n) is 7.09. The lowest BCUT2D eigenvalue weighted by Gasteiger charge is -2.02. The summed E-state index contributed by atoms with van der Waals surface area (Å²) in [5.74, 6) is -0.590. The summed E-state index contributed by atoms with van der Waals surface area (Å²) in [6, 6.07) is 8.78. The number of aromatic nitrogens is 2. The van der Waals surface area contributed by atoms with Crippen molar-refractivity contribution in [1.29, 1.82) is 0 Å². The number of hydrogen-bond donors (Lipinski definition) is 1. The number of fused-ring (bicyclic) bond motifs is 1. The number of carbonyl (C=O) groups is 1. The topological polar surface area (TPSA) is 79.8 Å². The molecule has 2 aromatic heterocycles. The summed E-state index contributed by atoms with van der Waals surface area (Å²) in [6.45, 7) is 4.10. The number of pyridine rings is 1. The standard InChI is InChI=1S/C17H13BrN4O2/c1-2-8-22-14-6-5-12(18)9-13(14)15(17(22)24)20-21-16(23)11-4-3-7-19-10-11/h2-7,9-10,24H,1,8H2. The van der Waals surface area contributed by atoms with Gasteiger partial charge in [0.1, 0.15) is 0 Å². The first kappa shape index (κ1) is 16.1. The number of carbonyl (C=O) groups excluding carboxylic acids is 1. The highest BCUT2D eigenvalue weighted by atomic mass is 79.9. The third-order valence-corrected chi connectivity index (χ3v) is 3.93. The molecule has 3 aromatic rings. The molecule has 0 fully saturated rings. The van der Waals surface area contributed by atoms with Crippen LogP contribution in [0.15, 0.2) is 70.1 Å². The number of azo groups is 1. The average molecular weight is 385 g/mol. The maximum Gasteiger partial charge on any atom is 0.296 e. The van der Waals surface area contributed by atoms with Crippen molar-refractivity contribution < 1.29 is 9.90 Å². The van der Waals surface area contributed by atoms with Gasteiger partial charge in [0, 0.05) is 28.8 Å². The van der Waals surface area contributed by atoms with Gasteiger partial charge in [0.05, 0.1) is 11.1 Å². The van der Waals surface area contributed by atoms with Crippen molar-refractivity contribution in [3.05, 3.63) is 65.4 Å². The highest BCUT2D eigenvalue weighted by Crippen LogP contribution is 2.40. The lowest BCUT2D eigenvalue weighted by molar-refractivity contribution is 0.0994. The average Bonchev–Trinajstić information content (AvgIpc) is 2.85. The minimum atomic E-state index is -0.526. The normalized spacial score (nSPS) is 11.2. The van der Waals surface area contributed by atoms with Crippen LogP contribution in [0.4, 0.5) is 5.69 Å². The van der Waals surface area contributed by atoms with Crippen LogP contribution in [0.2, 0.25) is 0 Å². The quantitative estimate of drug-likeness (QED) is 0.526. The largest absolute Gasteiger partial charge is 0.493 e. The summed E-state index contributed by atoms with van der Waals surface area (Å²) in [5.41, 5.74) is 1.35. The SMILES string of the molecule is C=CCn1c(O)c(N=NC(=O)c2cccnc2)c2cc(Br)ccc21. The van der Waals surface area contributed by atoms with E-state index in [9.17, 15) is 9.90 Å². The molecule has 0 radical (unpaired) electrons. The van der Waals surface area contributed by atoms with Crippen LogP contribution in [0.25, 0.3) is 10.9 Å². The van der Waals surface area contributed by atoms with E-state index in [1.165, 1.54) is 6.20 Å². The van der Waals surface area contributed by atoms with Gasteiger partial charge in [-0.05, 0) is 30.3 Å². The smallest absolute Gasteiger partial charge is 0.296 e. The maximum atomic E-state index is 12.1. The van der Waals surface area contributed by atoms with Gasteiger partial charge in [0.25, 0.3) is 5.91 Å². The lowest BCUT2D eigenvalue weighted by Crippen LogP contribution is -1.93. The predicted molar refractivity (Wildman–Crippen MR) is 94.6 cm³/mol. The molecular formula is C17H13BrN4O2. The molecule has 120 valence electrons. The van der Waals surface area contributed by atoms with Gasteiger partial charge in [-0.1, -0.05) is 22.0 Å². The van der Waals surface area contributed by atoms with Crippen LogP contribution in [-0.2, 0) is 6.54 Å². The van der Waals surface area contributed by atoms with Crippen molar-refractivity contribution in [2.45, 2.75) is 6.54 Å². The Bertz CT molecular complexity index is 948. The van der Waals surface area contributed by atoms with Crippen LogP contribution in [0.3, 0.4) is 0 Å². The molecule has 0 aliphatic rings. The zero-order valence-electron chi connectivity index (χ0n) is 12.6. The first-order valence-corrected chi connectivity index (χ1v) is 7.89. The molecule has 24 heavy (non-hydrogen) atoms. The number of allylic oxidation sites excluding steroid dienone is 1. The molecule has 1 amide bonds. The fraction of sp³-hybridized carbons (Fsp3) is 0.0588. The third kappa shape index (κ3) is 2.98. The number of aromatic hydroxyl groups is 1. The second kappa shape index (κ2) is 6.76. The van der Waals surface area contributed by atoms with Gasteiger partial charge >= 0.3 is 0 Å². The second-order valence-electron chi connectivity index (χ2n) is 4.98. The van der Waals surface area contributed by atoms with Crippen LogP contribution in [-0.4, -0.2) is 20.6 Å². The first-order chi connectivity index (χ1) is 11.6. The van der Waals surface area contributed by atoms with Gasteiger partial charge in [-0.25, -0.2) is 0 Å². The monoisotopic (exact) mass is 384 g/mol. The van der Waals surface area contributed by atoms with Crippen molar-refractivity contribution in [1.82, 2.24) is 9.55 Å². The number of amides is 1. The zero-order chi connectivity index (χ0) is 17.1. The molecule has 7 heteroatoms. The van der Waals surface area contributed by atoms with Gasteiger partial charge in [-0.3, -0.25) is 9.78 Å².